The number of imidazole rings is 1. The van der Waals surface area contributed by atoms with E-state index in [-0.39, 0.29) is 18.0 Å². The van der Waals surface area contributed by atoms with E-state index in [0.29, 0.717) is 11.3 Å². The molecule has 1 aromatic heterocycles. The van der Waals surface area contributed by atoms with Gasteiger partial charge in [-0.25, -0.2) is 9.37 Å². The number of carbonyl (C=O) groups is 1. The van der Waals surface area contributed by atoms with Crippen LogP contribution in [0.1, 0.15) is 12.7 Å². The first-order valence-electron chi connectivity index (χ1n) is 4.68. The molecule has 1 aromatic carbocycles. The SMILES string of the molecule is CC(=O)Cc1nc2cc(F)ccc2n1C. The summed E-state index contributed by atoms with van der Waals surface area (Å²) in [4.78, 5) is 15.2. The van der Waals surface area contributed by atoms with E-state index in [1.165, 1.54) is 19.1 Å². The zero-order valence-corrected chi connectivity index (χ0v) is 8.62. The van der Waals surface area contributed by atoms with Gasteiger partial charge in [-0.1, -0.05) is 0 Å². The van der Waals surface area contributed by atoms with Gasteiger partial charge in [0.2, 0.25) is 0 Å². The number of Topliss-reactive ketones (excluding diaryl/α,β-unsaturated/α-hetero) is 1. The van der Waals surface area contributed by atoms with Crippen LogP contribution in [0.2, 0.25) is 0 Å². The summed E-state index contributed by atoms with van der Waals surface area (Å²) in [5.74, 6) is 0.409. The molecular weight excluding hydrogens is 195 g/mol. The first kappa shape index (κ1) is 9.83. The number of rotatable bonds is 2. The average molecular weight is 206 g/mol. The van der Waals surface area contributed by atoms with Gasteiger partial charge in [0.15, 0.2) is 0 Å². The molecule has 78 valence electrons. The van der Waals surface area contributed by atoms with Crippen molar-refractivity contribution in [2.45, 2.75) is 13.3 Å². The second-order valence-electron chi connectivity index (χ2n) is 3.60. The molecule has 0 unspecified atom stereocenters. The van der Waals surface area contributed by atoms with Crippen LogP contribution >= 0.6 is 0 Å². The van der Waals surface area contributed by atoms with Crippen LogP contribution in [0.3, 0.4) is 0 Å². The third-order valence-electron chi connectivity index (χ3n) is 2.34. The highest BCUT2D eigenvalue weighted by Crippen LogP contribution is 2.16. The van der Waals surface area contributed by atoms with Gasteiger partial charge in [-0.05, 0) is 19.1 Å². The third kappa shape index (κ3) is 1.75. The first-order valence-corrected chi connectivity index (χ1v) is 4.68. The number of hydrogen-bond acceptors (Lipinski definition) is 2. The highest BCUT2D eigenvalue weighted by molar-refractivity contribution is 5.80. The van der Waals surface area contributed by atoms with Gasteiger partial charge >= 0.3 is 0 Å². The van der Waals surface area contributed by atoms with Crippen molar-refractivity contribution in [3.05, 3.63) is 29.8 Å². The maximum Gasteiger partial charge on any atom is 0.137 e. The first-order chi connectivity index (χ1) is 7.08. The van der Waals surface area contributed by atoms with Crippen LogP contribution < -0.4 is 0 Å². The van der Waals surface area contributed by atoms with E-state index in [9.17, 15) is 9.18 Å². The van der Waals surface area contributed by atoms with E-state index >= 15 is 0 Å². The van der Waals surface area contributed by atoms with Gasteiger partial charge in [-0.2, -0.15) is 0 Å². The Kier molecular flexibility index (Phi) is 2.26. The summed E-state index contributed by atoms with van der Waals surface area (Å²) >= 11 is 0. The van der Waals surface area contributed by atoms with Crippen molar-refractivity contribution < 1.29 is 9.18 Å². The maximum absolute atomic E-state index is 12.9. The fourth-order valence-corrected chi connectivity index (χ4v) is 1.60. The molecule has 0 amide bonds. The topological polar surface area (TPSA) is 34.9 Å². The maximum atomic E-state index is 12.9. The number of nitrogens with zero attached hydrogens (tertiary/aromatic N) is 2. The summed E-state index contributed by atoms with van der Waals surface area (Å²) < 4.78 is 14.7. The van der Waals surface area contributed by atoms with E-state index < -0.39 is 0 Å². The summed E-state index contributed by atoms with van der Waals surface area (Å²) in [5.41, 5.74) is 1.43. The Morgan fingerprint density at radius 3 is 2.93 bits per heavy atom. The van der Waals surface area contributed by atoms with Crippen molar-refractivity contribution in [3.8, 4) is 0 Å². The van der Waals surface area contributed by atoms with Crippen LogP contribution in [-0.2, 0) is 18.3 Å². The largest absolute Gasteiger partial charge is 0.331 e. The van der Waals surface area contributed by atoms with Crippen molar-refractivity contribution in [3.63, 3.8) is 0 Å². The average Bonchev–Trinajstić information content (AvgIpc) is 2.42. The fourth-order valence-electron chi connectivity index (χ4n) is 1.60. The zero-order valence-electron chi connectivity index (χ0n) is 8.62. The Hall–Kier alpha value is -1.71. The van der Waals surface area contributed by atoms with Crippen LogP contribution in [-0.4, -0.2) is 15.3 Å². The number of carbonyl (C=O) groups excluding carboxylic acids is 1. The molecule has 0 N–H and O–H groups in total. The smallest absolute Gasteiger partial charge is 0.137 e. The quantitative estimate of drug-likeness (QED) is 0.751. The lowest BCUT2D eigenvalue weighted by Crippen LogP contribution is -2.03. The number of halogens is 1. The van der Waals surface area contributed by atoms with E-state index in [0.717, 1.165) is 5.52 Å². The summed E-state index contributed by atoms with van der Waals surface area (Å²) in [6.45, 7) is 1.51. The lowest BCUT2D eigenvalue weighted by atomic mass is 10.3. The summed E-state index contributed by atoms with van der Waals surface area (Å²) in [5, 5.41) is 0. The van der Waals surface area contributed by atoms with Gasteiger partial charge < -0.3 is 4.57 Å². The van der Waals surface area contributed by atoms with Gasteiger partial charge in [0.05, 0.1) is 17.5 Å². The number of fused-ring (bicyclic) bond motifs is 1. The minimum absolute atomic E-state index is 0.0499. The van der Waals surface area contributed by atoms with E-state index in [1.54, 1.807) is 6.07 Å². The molecule has 4 heteroatoms. The van der Waals surface area contributed by atoms with Crippen LogP contribution in [0.15, 0.2) is 18.2 Å². The number of aromatic nitrogens is 2. The summed E-state index contributed by atoms with van der Waals surface area (Å²) in [7, 11) is 1.82. The van der Waals surface area contributed by atoms with Crippen LogP contribution in [0.5, 0.6) is 0 Å². The monoisotopic (exact) mass is 206 g/mol. The van der Waals surface area contributed by atoms with E-state index in [2.05, 4.69) is 4.98 Å². The van der Waals surface area contributed by atoms with E-state index in [1.807, 2.05) is 11.6 Å². The minimum atomic E-state index is -0.310. The highest BCUT2D eigenvalue weighted by Gasteiger charge is 2.09. The Morgan fingerprint density at radius 2 is 2.27 bits per heavy atom. The molecule has 0 fully saturated rings. The molecule has 0 radical (unpaired) electrons. The van der Waals surface area contributed by atoms with Crippen molar-refractivity contribution in [2.75, 3.05) is 0 Å². The molecule has 0 spiro atoms. The van der Waals surface area contributed by atoms with Crippen LogP contribution in [0, 0.1) is 5.82 Å². The Bertz CT molecular complexity index is 531. The number of aryl methyl sites for hydroxylation is 1. The molecule has 1 heterocycles. The predicted octanol–water partition coefficient (Wildman–Crippen LogP) is 1.84. The molecule has 0 aliphatic carbocycles. The van der Waals surface area contributed by atoms with Crippen molar-refractivity contribution in [1.29, 1.82) is 0 Å². The van der Waals surface area contributed by atoms with Crippen molar-refractivity contribution in [1.82, 2.24) is 9.55 Å². The molecule has 0 saturated heterocycles. The number of benzene rings is 1. The lowest BCUT2D eigenvalue weighted by Gasteiger charge is -1.98. The molecule has 0 bridgehead atoms. The van der Waals surface area contributed by atoms with Gasteiger partial charge in [-0.15, -0.1) is 0 Å². The molecule has 0 aliphatic rings. The summed E-state index contributed by atoms with van der Waals surface area (Å²) in [6, 6.07) is 4.43. The van der Waals surface area contributed by atoms with E-state index in [4.69, 9.17) is 0 Å². The lowest BCUT2D eigenvalue weighted by molar-refractivity contribution is -0.116. The molecular formula is C11H11FN2O. The second kappa shape index (κ2) is 3.46. The third-order valence-corrected chi connectivity index (χ3v) is 2.34. The molecule has 2 rings (SSSR count). The number of ketones is 1. The van der Waals surface area contributed by atoms with Gasteiger partial charge in [-0.3, -0.25) is 4.79 Å². The zero-order chi connectivity index (χ0) is 11.0. The predicted molar refractivity (Wildman–Crippen MR) is 55.1 cm³/mol. The normalized spacial score (nSPS) is 10.9. The minimum Gasteiger partial charge on any atom is -0.331 e. The summed E-state index contributed by atoms with van der Waals surface area (Å²) in [6.07, 6.45) is 0.285. The molecule has 2 aromatic rings. The molecule has 0 atom stereocenters. The second-order valence-corrected chi connectivity index (χ2v) is 3.60. The standard InChI is InChI=1S/C11H11FN2O/c1-7(15)5-11-13-9-6-8(12)3-4-10(9)14(11)2/h3-4,6H,5H2,1-2H3. The molecule has 0 saturated carbocycles. The van der Waals surface area contributed by atoms with Crippen molar-refractivity contribution in [2.24, 2.45) is 7.05 Å². The molecule has 3 nitrogen and oxygen atoms in total. The Labute approximate surface area is 86.5 Å². The molecule has 15 heavy (non-hydrogen) atoms. The highest BCUT2D eigenvalue weighted by atomic mass is 19.1. The molecule has 0 aliphatic heterocycles. The Morgan fingerprint density at radius 1 is 1.53 bits per heavy atom. The fraction of sp³-hybridized carbons (Fsp3) is 0.273. The van der Waals surface area contributed by atoms with Crippen LogP contribution in [0.25, 0.3) is 11.0 Å². The van der Waals surface area contributed by atoms with Crippen LogP contribution in [0.4, 0.5) is 4.39 Å². The number of hydrogen-bond donors (Lipinski definition) is 0. The van der Waals surface area contributed by atoms with Gasteiger partial charge in [0.1, 0.15) is 17.4 Å². The van der Waals surface area contributed by atoms with Gasteiger partial charge in [0, 0.05) is 13.1 Å². The van der Waals surface area contributed by atoms with Gasteiger partial charge in [0.25, 0.3) is 0 Å². The Balaban J connectivity index is 2.58. The van der Waals surface area contributed by atoms with Crippen molar-refractivity contribution >= 4 is 16.8 Å².